The second-order valence-electron chi connectivity index (χ2n) is 5.27. The maximum atomic E-state index is 10.9. The Morgan fingerprint density at radius 2 is 1.78 bits per heavy atom. The fourth-order valence-electron chi connectivity index (χ4n) is 2.33. The molecule has 0 saturated carbocycles. The summed E-state index contributed by atoms with van der Waals surface area (Å²) >= 11 is 0. The third-order valence-electron chi connectivity index (χ3n) is 3.59. The first-order chi connectivity index (χ1) is 11.0. The Kier molecular flexibility index (Phi) is 5.73. The maximum absolute atomic E-state index is 10.9. The van der Waals surface area contributed by atoms with Gasteiger partial charge < -0.3 is 20.3 Å². The lowest BCUT2D eigenvalue weighted by atomic mass is 9.99. The average Bonchev–Trinajstić information content (AvgIpc) is 2.59. The van der Waals surface area contributed by atoms with E-state index in [4.69, 9.17) is 4.74 Å². The van der Waals surface area contributed by atoms with Gasteiger partial charge in [0.15, 0.2) is 0 Å². The number of para-hydroxylation sites is 1. The second kappa shape index (κ2) is 7.76. The first-order valence-electron chi connectivity index (χ1n) is 7.37. The molecule has 2 aromatic carbocycles. The van der Waals surface area contributed by atoms with Crippen LogP contribution in [0, 0.1) is 0 Å². The van der Waals surface area contributed by atoms with Gasteiger partial charge in [-0.25, -0.2) is 0 Å². The van der Waals surface area contributed by atoms with Crippen LogP contribution in [0.4, 0.5) is 0 Å². The lowest BCUT2D eigenvalue weighted by molar-refractivity contribution is -0.119. The molecule has 122 valence electrons. The largest absolute Gasteiger partial charge is 0.496 e. The molecule has 0 saturated heterocycles. The van der Waals surface area contributed by atoms with Crippen molar-refractivity contribution in [3.05, 3.63) is 54.1 Å². The number of carbonyl (C=O) groups excluding carboxylic acids is 1. The van der Waals surface area contributed by atoms with Crippen LogP contribution in [-0.4, -0.2) is 35.9 Å². The van der Waals surface area contributed by atoms with Crippen molar-refractivity contribution in [2.75, 3.05) is 13.7 Å². The molecular formula is C18H21NO4. The number of methoxy groups -OCH3 is 1. The number of aliphatic hydroxyl groups excluding tert-OH is 2. The van der Waals surface area contributed by atoms with Crippen LogP contribution >= 0.6 is 0 Å². The van der Waals surface area contributed by atoms with Crippen LogP contribution in [-0.2, 0) is 4.79 Å². The highest BCUT2D eigenvalue weighted by atomic mass is 16.5. The SMILES string of the molecule is COc1ccccc1-c1ccc(C(O)C(O)CNC(C)=O)cc1. The maximum Gasteiger partial charge on any atom is 0.216 e. The molecule has 0 aromatic heterocycles. The number of hydrogen-bond acceptors (Lipinski definition) is 4. The Morgan fingerprint density at radius 1 is 1.13 bits per heavy atom. The number of rotatable bonds is 6. The van der Waals surface area contributed by atoms with Crippen molar-refractivity contribution in [3.8, 4) is 16.9 Å². The molecule has 2 atom stereocenters. The Morgan fingerprint density at radius 3 is 2.39 bits per heavy atom. The summed E-state index contributed by atoms with van der Waals surface area (Å²) in [5.41, 5.74) is 2.49. The topological polar surface area (TPSA) is 78.8 Å². The molecule has 1 amide bonds. The smallest absolute Gasteiger partial charge is 0.216 e. The zero-order valence-electron chi connectivity index (χ0n) is 13.2. The Labute approximate surface area is 135 Å². The molecule has 0 bridgehead atoms. The minimum Gasteiger partial charge on any atom is -0.496 e. The molecule has 0 radical (unpaired) electrons. The van der Waals surface area contributed by atoms with E-state index in [-0.39, 0.29) is 12.5 Å². The van der Waals surface area contributed by atoms with E-state index < -0.39 is 12.2 Å². The molecule has 2 rings (SSSR count). The van der Waals surface area contributed by atoms with E-state index in [1.165, 1.54) is 6.92 Å². The Hall–Kier alpha value is -2.37. The van der Waals surface area contributed by atoms with Crippen molar-refractivity contribution >= 4 is 5.91 Å². The number of amides is 1. The third kappa shape index (κ3) is 4.31. The fourth-order valence-corrected chi connectivity index (χ4v) is 2.33. The van der Waals surface area contributed by atoms with Crippen molar-refractivity contribution in [2.24, 2.45) is 0 Å². The highest BCUT2D eigenvalue weighted by Crippen LogP contribution is 2.30. The summed E-state index contributed by atoms with van der Waals surface area (Å²) in [6, 6.07) is 14.9. The quantitative estimate of drug-likeness (QED) is 0.760. The standard InChI is InChI=1S/C18H21NO4/c1-12(20)19-11-16(21)18(22)14-9-7-13(8-10-14)15-5-3-4-6-17(15)23-2/h3-10,16,18,21-22H,11H2,1-2H3,(H,19,20). The van der Waals surface area contributed by atoms with Gasteiger partial charge in [-0.2, -0.15) is 0 Å². The van der Waals surface area contributed by atoms with Gasteiger partial charge in [-0.3, -0.25) is 4.79 Å². The molecule has 2 aromatic rings. The van der Waals surface area contributed by atoms with E-state index in [2.05, 4.69) is 5.32 Å². The number of hydrogen-bond donors (Lipinski definition) is 3. The monoisotopic (exact) mass is 315 g/mol. The predicted molar refractivity (Wildman–Crippen MR) is 88.1 cm³/mol. The van der Waals surface area contributed by atoms with Crippen LogP contribution in [0.2, 0.25) is 0 Å². The first kappa shape index (κ1) is 17.0. The van der Waals surface area contributed by atoms with Gasteiger partial charge in [-0.15, -0.1) is 0 Å². The van der Waals surface area contributed by atoms with Gasteiger partial charge in [0.05, 0.1) is 7.11 Å². The van der Waals surface area contributed by atoms with Gasteiger partial charge >= 0.3 is 0 Å². The molecule has 0 aliphatic heterocycles. The van der Waals surface area contributed by atoms with Crippen LogP contribution in [0.15, 0.2) is 48.5 Å². The zero-order chi connectivity index (χ0) is 16.8. The molecule has 0 heterocycles. The predicted octanol–water partition coefficient (Wildman–Crippen LogP) is 1.89. The molecule has 5 nitrogen and oxygen atoms in total. The first-order valence-corrected chi connectivity index (χ1v) is 7.37. The molecule has 0 aliphatic carbocycles. The van der Waals surface area contributed by atoms with Crippen molar-refractivity contribution in [2.45, 2.75) is 19.1 Å². The normalized spacial score (nSPS) is 13.2. The van der Waals surface area contributed by atoms with Gasteiger partial charge in [0.2, 0.25) is 5.91 Å². The third-order valence-corrected chi connectivity index (χ3v) is 3.59. The van der Waals surface area contributed by atoms with E-state index in [1.54, 1.807) is 19.2 Å². The molecule has 23 heavy (non-hydrogen) atoms. The second-order valence-corrected chi connectivity index (χ2v) is 5.27. The molecule has 0 fully saturated rings. The van der Waals surface area contributed by atoms with Crippen LogP contribution in [0.1, 0.15) is 18.6 Å². The van der Waals surface area contributed by atoms with E-state index in [1.807, 2.05) is 36.4 Å². The van der Waals surface area contributed by atoms with Crippen LogP contribution in [0.3, 0.4) is 0 Å². The minimum atomic E-state index is -1.06. The van der Waals surface area contributed by atoms with Gasteiger partial charge in [-0.05, 0) is 17.2 Å². The summed E-state index contributed by atoms with van der Waals surface area (Å²) in [7, 11) is 1.62. The highest BCUT2D eigenvalue weighted by molar-refractivity contribution is 5.72. The number of benzene rings is 2. The van der Waals surface area contributed by atoms with E-state index in [9.17, 15) is 15.0 Å². The summed E-state index contributed by atoms with van der Waals surface area (Å²) in [5.74, 6) is 0.522. The van der Waals surface area contributed by atoms with Gasteiger partial charge in [0.25, 0.3) is 0 Å². The molecular weight excluding hydrogens is 294 g/mol. The molecule has 5 heteroatoms. The summed E-state index contributed by atoms with van der Waals surface area (Å²) in [4.78, 5) is 10.9. The van der Waals surface area contributed by atoms with Gasteiger partial charge in [-0.1, -0.05) is 42.5 Å². The van der Waals surface area contributed by atoms with E-state index >= 15 is 0 Å². The van der Waals surface area contributed by atoms with Gasteiger partial charge in [0.1, 0.15) is 18.0 Å². The van der Waals surface area contributed by atoms with Crippen LogP contribution < -0.4 is 10.1 Å². The summed E-state index contributed by atoms with van der Waals surface area (Å²) in [6.45, 7) is 1.37. The Bertz CT molecular complexity index is 654. The van der Waals surface area contributed by atoms with E-state index in [0.29, 0.717) is 5.56 Å². The molecule has 0 aliphatic rings. The average molecular weight is 315 g/mol. The fraction of sp³-hybridized carbons (Fsp3) is 0.278. The summed E-state index contributed by atoms with van der Waals surface area (Å²) in [6.07, 6.45) is -2.12. The molecule has 0 spiro atoms. The zero-order valence-corrected chi connectivity index (χ0v) is 13.2. The Balaban J connectivity index is 2.14. The molecule has 3 N–H and O–H groups in total. The number of aliphatic hydroxyl groups is 2. The van der Waals surface area contributed by atoms with Gasteiger partial charge in [0, 0.05) is 19.0 Å². The summed E-state index contributed by atoms with van der Waals surface area (Å²) < 4.78 is 5.34. The highest BCUT2D eigenvalue weighted by Gasteiger charge is 2.18. The number of nitrogens with one attached hydrogen (secondary N) is 1. The van der Waals surface area contributed by atoms with Crippen LogP contribution in [0.25, 0.3) is 11.1 Å². The van der Waals surface area contributed by atoms with E-state index in [0.717, 1.165) is 16.9 Å². The lowest BCUT2D eigenvalue weighted by Gasteiger charge is -2.18. The van der Waals surface area contributed by atoms with Crippen molar-refractivity contribution in [1.82, 2.24) is 5.32 Å². The van der Waals surface area contributed by atoms with Crippen molar-refractivity contribution < 1.29 is 19.7 Å². The molecule has 2 unspecified atom stereocenters. The minimum absolute atomic E-state index is 0.00472. The van der Waals surface area contributed by atoms with Crippen LogP contribution in [0.5, 0.6) is 5.75 Å². The number of ether oxygens (including phenoxy) is 1. The van der Waals surface area contributed by atoms with Crippen molar-refractivity contribution in [3.63, 3.8) is 0 Å². The lowest BCUT2D eigenvalue weighted by Crippen LogP contribution is -2.34. The summed E-state index contributed by atoms with van der Waals surface area (Å²) in [5, 5.41) is 22.5. The van der Waals surface area contributed by atoms with Crippen molar-refractivity contribution in [1.29, 1.82) is 0 Å². The number of carbonyl (C=O) groups is 1.